The predicted molar refractivity (Wildman–Crippen MR) is 239 cm³/mol. The van der Waals surface area contributed by atoms with E-state index in [0.717, 1.165) is 38.8 Å². The van der Waals surface area contributed by atoms with Gasteiger partial charge in [0.15, 0.2) is 17.5 Å². The number of aromatic nitrogens is 4. The molecule has 2 heterocycles. The highest BCUT2D eigenvalue weighted by Gasteiger charge is 2.37. The summed E-state index contributed by atoms with van der Waals surface area (Å²) < 4.78 is 2.36. The first-order valence-electron chi connectivity index (χ1n) is 19.9. The SMILES string of the molecule is CC1(C)c2ccccc2-c2cccc(-c3ccc(-c4ccc5c(c4)c4cc(-c6nc(-c7ccccc7)nc(-c7ccccc7)n6)ccc4n5-c4ccccc4)cc3)c21. The van der Waals surface area contributed by atoms with Gasteiger partial charge in [-0.1, -0.05) is 166 Å². The second kappa shape index (κ2) is 13.4. The summed E-state index contributed by atoms with van der Waals surface area (Å²) in [5.41, 5.74) is 16.5. The fourth-order valence-corrected chi connectivity index (χ4v) is 9.07. The Morgan fingerprint density at radius 3 is 1.47 bits per heavy atom. The molecule has 8 aromatic carbocycles. The zero-order valence-corrected chi connectivity index (χ0v) is 32.3. The summed E-state index contributed by atoms with van der Waals surface area (Å²) in [5.74, 6) is 1.94. The van der Waals surface area contributed by atoms with Crippen LogP contribution in [0, 0.1) is 0 Å². The van der Waals surface area contributed by atoms with Gasteiger partial charge in [0, 0.05) is 38.6 Å². The summed E-state index contributed by atoms with van der Waals surface area (Å²) in [4.78, 5) is 15.1. The normalized spacial score (nSPS) is 12.8. The van der Waals surface area contributed by atoms with Crippen LogP contribution >= 0.6 is 0 Å². The standard InChI is InChI=1S/C54H38N4/c1-54(2)47-24-13-12-21-43(47)44-23-14-22-42(50(44)54)36-27-25-35(26-28-36)39-29-31-48-45(33-39)46-34-40(30-32-49(46)58(48)41-19-10-5-11-20-41)53-56-51(37-15-6-3-7-16-37)55-52(57-53)38-17-8-4-9-18-38/h3-34H,1-2H3. The predicted octanol–water partition coefficient (Wildman–Crippen LogP) is 13.6. The number of fused-ring (bicyclic) bond motifs is 6. The van der Waals surface area contributed by atoms with Crippen molar-refractivity contribution in [3.8, 4) is 73.2 Å². The van der Waals surface area contributed by atoms with E-state index in [1.807, 2.05) is 60.7 Å². The molecule has 0 unspecified atom stereocenters. The fourth-order valence-electron chi connectivity index (χ4n) is 9.07. The van der Waals surface area contributed by atoms with Crippen LogP contribution in [-0.2, 0) is 5.41 Å². The number of rotatable bonds is 6. The summed E-state index contributed by atoms with van der Waals surface area (Å²) in [6, 6.07) is 69.1. The van der Waals surface area contributed by atoms with Crippen molar-refractivity contribution >= 4 is 21.8 Å². The van der Waals surface area contributed by atoms with Crippen molar-refractivity contribution in [1.29, 1.82) is 0 Å². The summed E-state index contributed by atoms with van der Waals surface area (Å²) in [5, 5.41) is 2.31. The second-order valence-electron chi connectivity index (χ2n) is 15.6. The minimum atomic E-state index is -0.0778. The average molecular weight is 743 g/mol. The Balaban J connectivity index is 1.05. The van der Waals surface area contributed by atoms with Gasteiger partial charge in [-0.05, 0) is 87.0 Å². The van der Waals surface area contributed by atoms with Crippen molar-refractivity contribution in [2.75, 3.05) is 0 Å². The van der Waals surface area contributed by atoms with E-state index in [0.29, 0.717) is 17.5 Å². The Hall–Kier alpha value is -7.43. The lowest BCUT2D eigenvalue weighted by atomic mass is 9.79. The second-order valence-corrected chi connectivity index (χ2v) is 15.6. The van der Waals surface area contributed by atoms with Gasteiger partial charge in [-0.2, -0.15) is 0 Å². The first-order valence-corrected chi connectivity index (χ1v) is 19.9. The molecule has 2 aromatic heterocycles. The van der Waals surface area contributed by atoms with Crippen LogP contribution < -0.4 is 0 Å². The van der Waals surface area contributed by atoms with Crippen molar-refractivity contribution in [3.05, 3.63) is 205 Å². The molecule has 4 heteroatoms. The van der Waals surface area contributed by atoms with Crippen molar-refractivity contribution in [3.63, 3.8) is 0 Å². The first kappa shape index (κ1) is 33.9. The zero-order valence-electron chi connectivity index (χ0n) is 32.3. The monoisotopic (exact) mass is 742 g/mol. The van der Waals surface area contributed by atoms with Gasteiger partial charge >= 0.3 is 0 Å². The van der Waals surface area contributed by atoms with Crippen LogP contribution in [0.2, 0.25) is 0 Å². The molecule has 0 saturated carbocycles. The molecule has 0 saturated heterocycles. The molecule has 0 radical (unpaired) electrons. The maximum atomic E-state index is 5.06. The quantitative estimate of drug-likeness (QED) is 0.170. The van der Waals surface area contributed by atoms with Crippen LogP contribution in [0.4, 0.5) is 0 Å². The van der Waals surface area contributed by atoms with Gasteiger partial charge in [-0.25, -0.2) is 15.0 Å². The average Bonchev–Trinajstić information content (AvgIpc) is 3.74. The lowest BCUT2D eigenvalue weighted by Crippen LogP contribution is -2.16. The topological polar surface area (TPSA) is 43.6 Å². The molecule has 0 bridgehead atoms. The third-order valence-electron chi connectivity index (χ3n) is 11.8. The minimum Gasteiger partial charge on any atom is -0.309 e. The molecule has 10 aromatic rings. The van der Waals surface area contributed by atoms with E-state index in [1.165, 1.54) is 49.9 Å². The summed E-state index contributed by atoms with van der Waals surface area (Å²) in [7, 11) is 0. The van der Waals surface area contributed by atoms with E-state index >= 15 is 0 Å². The zero-order chi connectivity index (χ0) is 38.8. The molecule has 0 amide bonds. The lowest BCUT2D eigenvalue weighted by molar-refractivity contribution is 0.662. The number of hydrogen-bond donors (Lipinski definition) is 0. The van der Waals surface area contributed by atoms with E-state index in [9.17, 15) is 0 Å². The molecular formula is C54H38N4. The minimum absolute atomic E-state index is 0.0778. The first-order chi connectivity index (χ1) is 28.5. The van der Waals surface area contributed by atoms with Crippen molar-refractivity contribution < 1.29 is 0 Å². The summed E-state index contributed by atoms with van der Waals surface area (Å²) >= 11 is 0. The molecule has 4 nitrogen and oxygen atoms in total. The van der Waals surface area contributed by atoms with Gasteiger partial charge in [0.25, 0.3) is 0 Å². The van der Waals surface area contributed by atoms with Crippen molar-refractivity contribution in [2.45, 2.75) is 19.3 Å². The van der Waals surface area contributed by atoms with Gasteiger partial charge in [0.1, 0.15) is 0 Å². The van der Waals surface area contributed by atoms with Crippen molar-refractivity contribution in [2.24, 2.45) is 0 Å². The third-order valence-corrected chi connectivity index (χ3v) is 11.8. The third kappa shape index (κ3) is 5.48. The van der Waals surface area contributed by atoms with Gasteiger partial charge in [0.05, 0.1) is 11.0 Å². The van der Waals surface area contributed by atoms with Gasteiger partial charge < -0.3 is 4.57 Å². The highest BCUT2D eigenvalue weighted by molar-refractivity contribution is 6.11. The van der Waals surface area contributed by atoms with Crippen LogP contribution in [0.15, 0.2) is 194 Å². The van der Waals surface area contributed by atoms with Crippen LogP contribution in [0.5, 0.6) is 0 Å². The van der Waals surface area contributed by atoms with Gasteiger partial charge in [-0.15, -0.1) is 0 Å². The number of nitrogens with zero attached hydrogens (tertiary/aromatic N) is 4. The van der Waals surface area contributed by atoms with E-state index in [2.05, 4.69) is 152 Å². The molecule has 0 N–H and O–H groups in total. The van der Waals surface area contributed by atoms with Crippen LogP contribution in [-0.4, -0.2) is 19.5 Å². The Bertz CT molecular complexity index is 3110. The molecule has 0 spiro atoms. The highest BCUT2D eigenvalue weighted by Crippen LogP contribution is 2.52. The maximum Gasteiger partial charge on any atom is 0.164 e. The van der Waals surface area contributed by atoms with Crippen molar-refractivity contribution in [1.82, 2.24) is 19.5 Å². The molecule has 274 valence electrons. The maximum absolute atomic E-state index is 5.06. The molecule has 1 aliphatic carbocycles. The van der Waals surface area contributed by atoms with Crippen LogP contribution in [0.25, 0.3) is 95.0 Å². The van der Waals surface area contributed by atoms with Crippen LogP contribution in [0.1, 0.15) is 25.0 Å². The van der Waals surface area contributed by atoms with E-state index in [4.69, 9.17) is 15.0 Å². The van der Waals surface area contributed by atoms with Gasteiger partial charge in [-0.3, -0.25) is 0 Å². The van der Waals surface area contributed by atoms with Crippen LogP contribution in [0.3, 0.4) is 0 Å². The molecule has 0 fully saturated rings. The Morgan fingerprint density at radius 2 is 0.828 bits per heavy atom. The number of para-hydroxylation sites is 1. The van der Waals surface area contributed by atoms with E-state index in [-0.39, 0.29) is 5.41 Å². The summed E-state index contributed by atoms with van der Waals surface area (Å²) in [6.07, 6.45) is 0. The molecule has 58 heavy (non-hydrogen) atoms. The molecule has 11 rings (SSSR count). The number of benzene rings is 8. The molecule has 0 atom stereocenters. The Labute approximate surface area is 337 Å². The molecule has 0 aliphatic heterocycles. The Morgan fingerprint density at radius 1 is 0.362 bits per heavy atom. The lowest BCUT2D eigenvalue weighted by Gasteiger charge is -2.24. The van der Waals surface area contributed by atoms with Gasteiger partial charge in [0.2, 0.25) is 0 Å². The smallest absolute Gasteiger partial charge is 0.164 e. The number of hydrogen-bond acceptors (Lipinski definition) is 3. The molecular weight excluding hydrogens is 705 g/mol. The van der Waals surface area contributed by atoms with E-state index in [1.54, 1.807) is 0 Å². The largest absolute Gasteiger partial charge is 0.309 e. The van der Waals surface area contributed by atoms with E-state index < -0.39 is 0 Å². The Kier molecular flexibility index (Phi) is 7.80. The molecule has 1 aliphatic rings. The fraction of sp³-hybridized carbons (Fsp3) is 0.0556. The highest BCUT2D eigenvalue weighted by atomic mass is 15.0. The summed E-state index contributed by atoms with van der Waals surface area (Å²) in [6.45, 7) is 4.71.